The second-order valence-electron chi connectivity index (χ2n) is 7.57. The fraction of sp³-hybridized carbons (Fsp3) is 0.333. The number of nitrogens with one attached hydrogen (secondary N) is 2. The zero-order valence-electron chi connectivity index (χ0n) is 17.5. The largest absolute Gasteiger partial charge is 0.493 e. The van der Waals surface area contributed by atoms with Gasteiger partial charge in [-0.2, -0.15) is 9.61 Å². The molecule has 1 aliphatic heterocycles. The van der Waals surface area contributed by atoms with Crippen molar-refractivity contribution in [2.75, 3.05) is 39.4 Å². The third kappa shape index (κ3) is 4.22. The Morgan fingerprint density at radius 1 is 1.31 bits per heavy atom. The van der Waals surface area contributed by atoms with Crippen LogP contribution < -0.4 is 16.4 Å². The van der Waals surface area contributed by atoms with Crippen LogP contribution >= 0.6 is 11.3 Å². The number of thiophene rings is 1. The van der Waals surface area contributed by atoms with Gasteiger partial charge in [-0.25, -0.2) is 9.78 Å². The van der Waals surface area contributed by atoms with E-state index in [1.165, 1.54) is 4.88 Å². The van der Waals surface area contributed by atoms with E-state index in [-0.39, 0.29) is 11.6 Å². The van der Waals surface area contributed by atoms with Gasteiger partial charge in [0.15, 0.2) is 11.1 Å². The first-order valence-electron chi connectivity index (χ1n) is 10.4. The lowest BCUT2D eigenvalue weighted by molar-refractivity contribution is 0.0393. The molecule has 32 heavy (non-hydrogen) atoms. The first-order chi connectivity index (χ1) is 15.6. The Morgan fingerprint density at radius 3 is 2.88 bits per heavy atom. The molecule has 0 atom stereocenters. The predicted octanol–water partition coefficient (Wildman–Crippen LogP) is 0.269. The van der Waals surface area contributed by atoms with Crippen molar-refractivity contribution in [3.63, 3.8) is 0 Å². The van der Waals surface area contributed by atoms with Crippen LogP contribution in [0.25, 0.3) is 22.3 Å². The molecule has 0 saturated carbocycles. The number of aromatic nitrogens is 5. The number of morpholine rings is 1. The van der Waals surface area contributed by atoms with E-state index in [1.54, 1.807) is 28.1 Å². The number of imidazole rings is 1. The van der Waals surface area contributed by atoms with E-state index in [1.807, 2.05) is 12.1 Å². The van der Waals surface area contributed by atoms with Gasteiger partial charge in [-0.1, -0.05) is 0 Å². The van der Waals surface area contributed by atoms with E-state index in [0.717, 1.165) is 43.4 Å². The number of hydrogen-bond acceptors (Lipinski definition) is 8. The number of aromatic hydroxyl groups is 1. The summed E-state index contributed by atoms with van der Waals surface area (Å²) in [7, 11) is 0. The number of ether oxygens (including phenoxy) is 1. The monoisotopic (exact) mass is 453 g/mol. The first-order valence-corrected chi connectivity index (χ1v) is 11.2. The maximum atomic E-state index is 11.5. The Hall–Kier alpha value is -3.28. The lowest BCUT2D eigenvalue weighted by Gasteiger charge is -2.25. The van der Waals surface area contributed by atoms with Crippen LogP contribution in [0.3, 0.4) is 0 Å². The van der Waals surface area contributed by atoms with E-state index >= 15 is 0 Å². The van der Waals surface area contributed by atoms with Gasteiger partial charge in [0, 0.05) is 35.8 Å². The summed E-state index contributed by atoms with van der Waals surface area (Å²) < 4.78 is 7.10. The van der Waals surface area contributed by atoms with E-state index < -0.39 is 5.69 Å². The number of nitrogens with zero attached hydrogens (tertiary/aromatic N) is 5. The van der Waals surface area contributed by atoms with Gasteiger partial charge in [-0.3, -0.25) is 14.9 Å². The Balaban J connectivity index is 1.60. The normalized spacial score (nSPS) is 16.4. The lowest BCUT2D eigenvalue weighted by atomic mass is 10.3. The highest BCUT2D eigenvalue weighted by atomic mass is 32.1. The number of aromatic amines is 2. The molecule has 0 bridgehead atoms. The van der Waals surface area contributed by atoms with Gasteiger partial charge < -0.3 is 14.8 Å². The molecular weight excluding hydrogens is 430 g/mol. The number of hydrogen-bond donors (Lipinski definition) is 3. The lowest BCUT2D eigenvalue weighted by Crippen LogP contribution is -2.38. The van der Waals surface area contributed by atoms with Gasteiger partial charge >= 0.3 is 5.69 Å². The molecule has 0 aliphatic carbocycles. The topological polar surface area (TPSA) is 124 Å². The summed E-state index contributed by atoms with van der Waals surface area (Å²) in [6.45, 7) is 6.89. The molecule has 1 aliphatic rings. The second-order valence-corrected chi connectivity index (χ2v) is 8.85. The maximum Gasteiger partial charge on any atom is 0.326 e. The van der Waals surface area contributed by atoms with Crippen molar-refractivity contribution in [1.82, 2.24) is 29.5 Å². The fourth-order valence-electron chi connectivity index (χ4n) is 3.66. The fourth-order valence-corrected chi connectivity index (χ4v) is 4.48. The van der Waals surface area contributed by atoms with E-state index in [0.29, 0.717) is 22.9 Å². The van der Waals surface area contributed by atoms with Crippen molar-refractivity contribution in [2.24, 2.45) is 4.99 Å². The van der Waals surface area contributed by atoms with Crippen molar-refractivity contribution >= 4 is 23.1 Å². The predicted molar refractivity (Wildman–Crippen MR) is 121 cm³/mol. The third-order valence-corrected chi connectivity index (χ3v) is 6.33. The summed E-state index contributed by atoms with van der Waals surface area (Å²) >= 11 is 1.66. The van der Waals surface area contributed by atoms with Crippen LogP contribution in [0, 0.1) is 6.92 Å². The Bertz CT molecular complexity index is 1430. The molecule has 3 N–H and O–H groups in total. The van der Waals surface area contributed by atoms with E-state index in [4.69, 9.17) is 14.7 Å². The standard InChI is InChI=1S/C21H23N7O3S/c1-13-2-3-17(32-13)15-11-18(22-4-5-27-6-8-31-9-7-27)28-19(24-15)14(12-23-28)10-16-20(29)26-21(30)25-16/h2-3,10-12,29H,4-9H2,1H3,(H2,25,26,30)/b14-10-,22-18?. The molecule has 0 amide bonds. The molecule has 166 valence electrons. The van der Waals surface area contributed by atoms with Crippen molar-refractivity contribution < 1.29 is 9.84 Å². The molecule has 0 unspecified atom stereocenters. The molecule has 0 spiro atoms. The average Bonchev–Trinajstić information content (AvgIpc) is 3.48. The van der Waals surface area contributed by atoms with Crippen molar-refractivity contribution in [3.8, 4) is 16.5 Å². The van der Waals surface area contributed by atoms with Crippen LogP contribution in [0.5, 0.6) is 5.88 Å². The molecule has 1 saturated heterocycles. The minimum atomic E-state index is -0.480. The molecular formula is C21H23N7O3S. The average molecular weight is 454 g/mol. The molecule has 1 fully saturated rings. The molecule has 11 heteroatoms. The minimum absolute atomic E-state index is 0.227. The smallest absolute Gasteiger partial charge is 0.326 e. The third-order valence-electron chi connectivity index (χ3n) is 5.30. The van der Waals surface area contributed by atoms with Gasteiger partial charge in [0.25, 0.3) is 0 Å². The van der Waals surface area contributed by atoms with Crippen LogP contribution in [-0.2, 0) is 4.74 Å². The van der Waals surface area contributed by atoms with Crippen molar-refractivity contribution in [2.45, 2.75) is 6.92 Å². The highest BCUT2D eigenvalue weighted by Gasteiger charge is 2.12. The highest BCUT2D eigenvalue weighted by Crippen LogP contribution is 2.25. The molecule has 0 radical (unpaired) electrons. The minimum Gasteiger partial charge on any atom is -0.493 e. The summed E-state index contributed by atoms with van der Waals surface area (Å²) in [5, 5.41) is 15.1. The van der Waals surface area contributed by atoms with Crippen LogP contribution in [-0.4, -0.2) is 74.0 Å². The van der Waals surface area contributed by atoms with Gasteiger partial charge in [-0.15, -0.1) is 11.3 Å². The Labute approximate surface area is 186 Å². The van der Waals surface area contributed by atoms with Crippen LogP contribution in [0.4, 0.5) is 0 Å². The molecule has 5 rings (SSSR count). The van der Waals surface area contributed by atoms with Crippen molar-refractivity contribution in [1.29, 1.82) is 0 Å². The molecule has 10 nitrogen and oxygen atoms in total. The van der Waals surface area contributed by atoms with E-state index in [9.17, 15) is 9.90 Å². The molecule has 0 aromatic carbocycles. The summed E-state index contributed by atoms with van der Waals surface area (Å²) in [4.78, 5) is 30.6. The number of aryl methyl sites for hydroxylation is 1. The second kappa shape index (κ2) is 8.69. The molecule has 4 aromatic heterocycles. The van der Waals surface area contributed by atoms with Crippen molar-refractivity contribution in [3.05, 3.63) is 56.2 Å². The van der Waals surface area contributed by atoms with Gasteiger partial charge in [0.2, 0.25) is 5.88 Å². The zero-order chi connectivity index (χ0) is 22.1. The summed E-state index contributed by atoms with van der Waals surface area (Å²) in [6.07, 6.45) is 3.29. The van der Waals surface area contributed by atoms with E-state index in [2.05, 4.69) is 33.0 Å². The summed E-state index contributed by atoms with van der Waals surface area (Å²) in [5.74, 6) is -0.227. The van der Waals surface area contributed by atoms with Crippen LogP contribution in [0.1, 0.15) is 10.6 Å². The molecule has 4 aromatic rings. The van der Waals surface area contributed by atoms with Crippen LogP contribution in [0.15, 0.2) is 34.2 Å². The van der Waals surface area contributed by atoms with Gasteiger partial charge in [0.1, 0.15) is 5.69 Å². The SMILES string of the molecule is Cc1ccc(-c2cc(=NCCN3CCOCC3)n3nc/c(=C/c4[nH]c(=O)[nH]c4O)c3n2)s1. The summed E-state index contributed by atoms with van der Waals surface area (Å²) in [6, 6.07) is 6.06. The summed E-state index contributed by atoms with van der Waals surface area (Å²) in [5.41, 5.74) is 1.90. The number of rotatable bonds is 5. The maximum absolute atomic E-state index is 11.5. The highest BCUT2D eigenvalue weighted by molar-refractivity contribution is 7.15. The first kappa shape index (κ1) is 20.6. The Morgan fingerprint density at radius 2 is 2.16 bits per heavy atom. The number of fused-ring (bicyclic) bond motifs is 1. The van der Waals surface area contributed by atoms with Gasteiger partial charge in [0.05, 0.1) is 36.5 Å². The van der Waals surface area contributed by atoms with Gasteiger partial charge in [-0.05, 0) is 25.1 Å². The van der Waals surface area contributed by atoms with Crippen LogP contribution in [0.2, 0.25) is 0 Å². The quantitative estimate of drug-likeness (QED) is 0.399. The number of H-pyrrole nitrogens is 2. The zero-order valence-corrected chi connectivity index (χ0v) is 18.4. The Kier molecular flexibility index (Phi) is 5.60. The molecule has 5 heterocycles.